The summed E-state index contributed by atoms with van der Waals surface area (Å²) in [4.78, 5) is 34.3. The third-order valence-corrected chi connectivity index (χ3v) is 4.97. The number of pyridine rings is 1. The van der Waals surface area contributed by atoms with E-state index in [9.17, 15) is 9.59 Å². The highest BCUT2D eigenvalue weighted by molar-refractivity contribution is 7.99. The van der Waals surface area contributed by atoms with Gasteiger partial charge in [0, 0.05) is 19.3 Å². The fourth-order valence-electron chi connectivity index (χ4n) is 2.79. The summed E-state index contributed by atoms with van der Waals surface area (Å²) in [5, 5.41) is 3.79. The molecular weight excluding hydrogens is 376 g/mol. The van der Waals surface area contributed by atoms with Crippen molar-refractivity contribution < 1.29 is 9.53 Å². The molecule has 0 saturated carbocycles. The highest BCUT2D eigenvalue weighted by atomic mass is 32.2. The van der Waals surface area contributed by atoms with E-state index in [1.165, 1.54) is 16.3 Å². The summed E-state index contributed by atoms with van der Waals surface area (Å²) in [6.45, 7) is 4.23. The van der Waals surface area contributed by atoms with Crippen LogP contribution in [0.4, 0.5) is 0 Å². The van der Waals surface area contributed by atoms with Crippen LogP contribution in [0.15, 0.2) is 52.5 Å². The molecular formula is C20H22N4O3S. The number of aryl methyl sites for hydroxylation is 1. The zero-order valence-electron chi connectivity index (χ0n) is 16.0. The van der Waals surface area contributed by atoms with Crippen LogP contribution < -0.4 is 10.9 Å². The first-order valence-corrected chi connectivity index (χ1v) is 9.84. The van der Waals surface area contributed by atoms with Crippen LogP contribution in [-0.2, 0) is 9.53 Å². The first-order valence-electron chi connectivity index (χ1n) is 8.85. The van der Waals surface area contributed by atoms with Gasteiger partial charge in [-0.15, -0.1) is 0 Å². The molecule has 0 saturated heterocycles. The molecule has 0 aliphatic rings. The Balaban J connectivity index is 1.97. The number of carbonyl (C=O) groups is 1. The van der Waals surface area contributed by atoms with Crippen molar-refractivity contribution in [1.29, 1.82) is 0 Å². The Hall–Kier alpha value is -2.71. The first-order chi connectivity index (χ1) is 13.5. The van der Waals surface area contributed by atoms with Gasteiger partial charge in [-0.2, -0.15) is 0 Å². The van der Waals surface area contributed by atoms with Gasteiger partial charge in [-0.3, -0.25) is 9.59 Å². The number of nitrogens with zero attached hydrogens (tertiary/aromatic N) is 3. The Morgan fingerprint density at radius 1 is 1.32 bits per heavy atom. The minimum Gasteiger partial charge on any atom is -0.383 e. The topological polar surface area (TPSA) is 86.1 Å². The Morgan fingerprint density at radius 3 is 2.86 bits per heavy atom. The Morgan fingerprint density at radius 2 is 2.11 bits per heavy atom. The average molecular weight is 398 g/mol. The van der Waals surface area contributed by atoms with Crippen LogP contribution in [0.2, 0.25) is 0 Å². The number of methoxy groups -OCH3 is 1. The predicted molar refractivity (Wildman–Crippen MR) is 110 cm³/mol. The van der Waals surface area contributed by atoms with Gasteiger partial charge in [0.25, 0.3) is 5.56 Å². The molecule has 0 aliphatic carbocycles. The van der Waals surface area contributed by atoms with E-state index in [0.29, 0.717) is 28.5 Å². The highest BCUT2D eigenvalue weighted by Crippen LogP contribution is 2.20. The summed E-state index contributed by atoms with van der Waals surface area (Å²) in [5.41, 5.74) is 1.36. The van der Waals surface area contributed by atoms with Crippen LogP contribution in [0, 0.1) is 6.92 Å². The Bertz CT molecular complexity index is 1050. The minimum absolute atomic E-state index is 0.0942. The molecule has 1 N–H and O–H groups in total. The largest absolute Gasteiger partial charge is 0.383 e. The van der Waals surface area contributed by atoms with Crippen molar-refractivity contribution in [3.8, 4) is 5.82 Å². The molecule has 0 spiro atoms. The lowest BCUT2D eigenvalue weighted by molar-refractivity contribution is -0.119. The van der Waals surface area contributed by atoms with Crippen LogP contribution in [0.3, 0.4) is 0 Å². The number of carbonyl (C=O) groups excluding carboxylic acids is 1. The number of benzene rings is 1. The Labute approximate surface area is 167 Å². The van der Waals surface area contributed by atoms with Crippen molar-refractivity contribution in [3.63, 3.8) is 0 Å². The van der Waals surface area contributed by atoms with Crippen molar-refractivity contribution in [1.82, 2.24) is 19.9 Å². The monoisotopic (exact) mass is 398 g/mol. The molecule has 0 aliphatic heterocycles. The summed E-state index contributed by atoms with van der Waals surface area (Å²) in [6, 6.07) is 10.8. The molecule has 0 bridgehead atoms. The van der Waals surface area contributed by atoms with Crippen molar-refractivity contribution in [3.05, 3.63) is 58.5 Å². The molecule has 28 heavy (non-hydrogen) atoms. The molecule has 0 radical (unpaired) electrons. The van der Waals surface area contributed by atoms with Gasteiger partial charge in [-0.25, -0.2) is 14.5 Å². The first kappa shape index (κ1) is 20.0. The van der Waals surface area contributed by atoms with E-state index in [0.717, 1.165) is 5.56 Å². The number of ether oxygens (including phenoxy) is 1. The normalized spacial score (nSPS) is 12.1. The van der Waals surface area contributed by atoms with E-state index in [1.54, 1.807) is 31.5 Å². The molecule has 7 nitrogen and oxygen atoms in total. The van der Waals surface area contributed by atoms with Gasteiger partial charge in [0.05, 0.1) is 23.3 Å². The van der Waals surface area contributed by atoms with E-state index < -0.39 is 0 Å². The maximum absolute atomic E-state index is 13.1. The lowest BCUT2D eigenvalue weighted by Crippen LogP contribution is -2.36. The zero-order valence-corrected chi connectivity index (χ0v) is 16.8. The summed E-state index contributed by atoms with van der Waals surface area (Å²) in [7, 11) is 1.59. The predicted octanol–water partition coefficient (Wildman–Crippen LogP) is 2.33. The fraction of sp³-hybridized carbons (Fsp3) is 0.300. The number of amides is 1. The highest BCUT2D eigenvalue weighted by Gasteiger charge is 2.16. The smallest absolute Gasteiger partial charge is 0.267 e. The van der Waals surface area contributed by atoms with Crippen LogP contribution in [0.5, 0.6) is 0 Å². The van der Waals surface area contributed by atoms with Gasteiger partial charge in [-0.05, 0) is 43.7 Å². The maximum atomic E-state index is 13.1. The molecule has 146 valence electrons. The van der Waals surface area contributed by atoms with Gasteiger partial charge in [0.1, 0.15) is 5.82 Å². The minimum atomic E-state index is -0.209. The molecule has 8 heteroatoms. The Kier molecular flexibility index (Phi) is 6.43. The van der Waals surface area contributed by atoms with Crippen LogP contribution in [-0.4, -0.2) is 46.0 Å². The molecule has 1 aromatic carbocycles. The molecule has 3 aromatic rings. The molecule has 1 amide bonds. The van der Waals surface area contributed by atoms with E-state index in [4.69, 9.17) is 4.74 Å². The number of thioether (sulfide) groups is 1. The lowest BCUT2D eigenvalue weighted by Gasteiger charge is -2.14. The van der Waals surface area contributed by atoms with Crippen LogP contribution >= 0.6 is 11.8 Å². The fourth-order valence-corrected chi connectivity index (χ4v) is 3.60. The van der Waals surface area contributed by atoms with Gasteiger partial charge in [0.15, 0.2) is 5.16 Å². The average Bonchev–Trinajstić information content (AvgIpc) is 2.66. The van der Waals surface area contributed by atoms with E-state index >= 15 is 0 Å². The SMILES string of the molecule is COCC(C)NC(=O)CSc1nc2ccccc2c(=O)n1-c1cc(C)ccn1. The van der Waals surface area contributed by atoms with E-state index in [2.05, 4.69) is 15.3 Å². The van der Waals surface area contributed by atoms with Crippen LogP contribution in [0.1, 0.15) is 12.5 Å². The number of nitrogens with one attached hydrogen (secondary N) is 1. The number of rotatable bonds is 7. The number of hydrogen-bond acceptors (Lipinski definition) is 6. The van der Waals surface area contributed by atoms with Gasteiger partial charge in [-0.1, -0.05) is 23.9 Å². The van der Waals surface area contributed by atoms with Crippen molar-refractivity contribution in [2.75, 3.05) is 19.5 Å². The van der Waals surface area contributed by atoms with E-state index in [1.807, 2.05) is 32.0 Å². The van der Waals surface area contributed by atoms with Crippen LogP contribution in [0.25, 0.3) is 16.7 Å². The molecule has 2 aromatic heterocycles. The van der Waals surface area contributed by atoms with Crippen molar-refractivity contribution in [2.45, 2.75) is 25.0 Å². The summed E-state index contributed by atoms with van der Waals surface area (Å²) < 4.78 is 6.50. The van der Waals surface area contributed by atoms with Gasteiger partial charge >= 0.3 is 0 Å². The second kappa shape index (κ2) is 8.99. The quantitative estimate of drug-likeness (QED) is 0.486. The molecule has 1 atom stereocenters. The number of hydrogen-bond donors (Lipinski definition) is 1. The zero-order chi connectivity index (χ0) is 20.1. The second-order valence-corrected chi connectivity index (χ2v) is 7.40. The second-order valence-electron chi connectivity index (χ2n) is 6.46. The molecule has 3 rings (SSSR count). The van der Waals surface area contributed by atoms with Gasteiger partial charge < -0.3 is 10.1 Å². The standard InChI is InChI=1S/C20H22N4O3S/c1-13-8-9-21-17(10-13)24-19(26)15-6-4-5-7-16(15)23-20(24)28-12-18(25)22-14(2)11-27-3/h4-10,14H,11-12H2,1-3H3,(H,22,25). The van der Waals surface area contributed by atoms with E-state index in [-0.39, 0.29) is 23.3 Å². The molecule has 1 unspecified atom stereocenters. The maximum Gasteiger partial charge on any atom is 0.267 e. The van der Waals surface area contributed by atoms with Crippen molar-refractivity contribution >= 4 is 28.6 Å². The van der Waals surface area contributed by atoms with Gasteiger partial charge in [0.2, 0.25) is 5.91 Å². The lowest BCUT2D eigenvalue weighted by atomic mass is 10.2. The summed E-state index contributed by atoms with van der Waals surface area (Å²) >= 11 is 1.20. The molecule has 0 fully saturated rings. The number of aromatic nitrogens is 3. The summed E-state index contributed by atoms with van der Waals surface area (Å²) in [5.74, 6) is 0.463. The third kappa shape index (κ3) is 4.58. The number of fused-ring (bicyclic) bond motifs is 1. The van der Waals surface area contributed by atoms with Crippen molar-refractivity contribution in [2.24, 2.45) is 0 Å². The third-order valence-electron chi connectivity index (χ3n) is 4.03. The number of para-hydroxylation sites is 1. The molecule has 2 heterocycles. The summed E-state index contributed by atoms with van der Waals surface area (Å²) in [6.07, 6.45) is 1.65.